The van der Waals surface area contributed by atoms with Crippen molar-refractivity contribution in [2.45, 2.75) is 26.4 Å². The van der Waals surface area contributed by atoms with Crippen molar-refractivity contribution >= 4 is 17.6 Å². The molecule has 0 fully saturated rings. The van der Waals surface area contributed by atoms with Crippen molar-refractivity contribution in [2.24, 2.45) is 0 Å². The van der Waals surface area contributed by atoms with Gasteiger partial charge in [0.05, 0.1) is 18.8 Å². The molecule has 0 spiro atoms. The fourth-order valence-corrected chi connectivity index (χ4v) is 1.97. The topological polar surface area (TPSA) is 96.9 Å². The van der Waals surface area contributed by atoms with Crippen LogP contribution in [0, 0.1) is 6.92 Å². The van der Waals surface area contributed by atoms with E-state index in [1.807, 2.05) is 0 Å². The molecule has 2 rings (SSSR count). The van der Waals surface area contributed by atoms with E-state index >= 15 is 0 Å². The number of hydrogen-bond donors (Lipinski definition) is 3. The summed E-state index contributed by atoms with van der Waals surface area (Å²) in [5.41, 5.74) is 0.924. The minimum Gasteiger partial charge on any atom is -0.378 e. The van der Waals surface area contributed by atoms with Gasteiger partial charge in [0, 0.05) is 25.9 Å². The van der Waals surface area contributed by atoms with Crippen LogP contribution in [0.3, 0.4) is 0 Å². The highest BCUT2D eigenvalue weighted by molar-refractivity contribution is 5.60. The first-order chi connectivity index (χ1) is 11.8. The zero-order valence-corrected chi connectivity index (χ0v) is 13.9. The van der Waals surface area contributed by atoms with E-state index in [1.165, 1.54) is 19.3 Å². The van der Waals surface area contributed by atoms with Gasteiger partial charge in [-0.3, -0.25) is 5.32 Å². The third-order valence-electron chi connectivity index (χ3n) is 3.10. The van der Waals surface area contributed by atoms with Crippen molar-refractivity contribution in [3.63, 3.8) is 0 Å². The SMILES string of the molecule is CNc1nc(NCc2nccc(COC)n2)c(C)c(NC(F)(F)F)n1. The fourth-order valence-electron chi connectivity index (χ4n) is 1.97. The van der Waals surface area contributed by atoms with Gasteiger partial charge in [0.1, 0.15) is 17.5 Å². The fraction of sp³-hybridized carbons (Fsp3) is 0.429. The van der Waals surface area contributed by atoms with Crippen LogP contribution >= 0.6 is 0 Å². The molecular weight excluding hydrogens is 339 g/mol. The molecule has 0 unspecified atom stereocenters. The van der Waals surface area contributed by atoms with E-state index in [0.29, 0.717) is 18.1 Å². The maximum Gasteiger partial charge on any atom is 0.483 e. The molecule has 0 aliphatic heterocycles. The second-order valence-electron chi connectivity index (χ2n) is 4.99. The number of rotatable bonds is 7. The highest BCUT2D eigenvalue weighted by atomic mass is 19.4. The Bertz CT molecular complexity index is 724. The Hall–Kier alpha value is -2.69. The maximum atomic E-state index is 12.6. The summed E-state index contributed by atoms with van der Waals surface area (Å²) in [6.07, 6.45) is -3.01. The second-order valence-corrected chi connectivity index (χ2v) is 4.99. The van der Waals surface area contributed by atoms with Crippen molar-refractivity contribution in [1.82, 2.24) is 19.9 Å². The number of hydrogen-bond acceptors (Lipinski definition) is 8. The zero-order valence-electron chi connectivity index (χ0n) is 13.9. The predicted octanol–water partition coefficient (Wildman–Crippen LogP) is 2.31. The van der Waals surface area contributed by atoms with E-state index in [1.54, 1.807) is 19.4 Å². The lowest BCUT2D eigenvalue weighted by atomic mass is 10.3. The zero-order chi connectivity index (χ0) is 18.4. The van der Waals surface area contributed by atoms with Crippen LogP contribution < -0.4 is 16.0 Å². The molecule has 136 valence electrons. The molecule has 0 atom stereocenters. The average Bonchev–Trinajstić information content (AvgIpc) is 2.55. The number of nitrogens with one attached hydrogen (secondary N) is 3. The number of ether oxygens (including phenoxy) is 1. The largest absolute Gasteiger partial charge is 0.483 e. The number of halogens is 3. The van der Waals surface area contributed by atoms with Crippen molar-refractivity contribution < 1.29 is 17.9 Å². The van der Waals surface area contributed by atoms with Crippen molar-refractivity contribution in [1.29, 1.82) is 0 Å². The molecule has 8 nitrogen and oxygen atoms in total. The molecule has 0 aliphatic rings. The summed E-state index contributed by atoms with van der Waals surface area (Å²) in [5.74, 6) is 0.424. The number of alkyl halides is 3. The molecule has 3 N–H and O–H groups in total. The normalized spacial score (nSPS) is 11.3. The lowest BCUT2D eigenvalue weighted by Crippen LogP contribution is -2.23. The first-order valence-corrected chi connectivity index (χ1v) is 7.27. The molecule has 0 radical (unpaired) electrons. The molecule has 11 heteroatoms. The van der Waals surface area contributed by atoms with Gasteiger partial charge in [-0.15, -0.1) is 0 Å². The highest BCUT2D eigenvalue weighted by Gasteiger charge is 2.29. The van der Waals surface area contributed by atoms with Crippen LogP contribution in [-0.4, -0.2) is 40.4 Å². The summed E-state index contributed by atoms with van der Waals surface area (Å²) in [4.78, 5) is 16.3. The Morgan fingerprint density at radius 1 is 1.16 bits per heavy atom. The van der Waals surface area contributed by atoms with Crippen LogP contribution in [0.2, 0.25) is 0 Å². The Labute approximate surface area is 142 Å². The molecule has 0 aliphatic carbocycles. The average molecular weight is 357 g/mol. The van der Waals surface area contributed by atoms with Crippen molar-refractivity contribution in [3.05, 3.63) is 29.3 Å². The lowest BCUT2D eigenvalue weighted by Gasteiger charge is -2.16. The molecule has 0 saturated carbocycles. The summed E-state index contributed by atoms with van der Waals surface area (Å²) in [6.45, 7) is 2.01. The van der Waals surface area contributed by atoms with E-state index in [9.17, 15) is 13.2 Å². The number of aromatic nitrogens is 4. The molecule has 25 heavy (non-hydrogen) atoms. The Balaban J connectivity index is 2.21. The van der Waals surface area contributed by atoms with Crippen LogP contribution in [0.15, 0.2) is 12.3 Å². The van der Waals surface area contributed by atoms with Gasteiger partial charge in [0.25, 0.3) is 0 Å². The maximum absolute atomic E-state index is 12.6. The van der Waals surface area contributed by atoms with Gasteiger partial charge in [-0.25, -0.2) is 9.97 Å². The number of methoxy groups -OCH3 is 1. The number of nitrogens with zero attached hydrogens (tertiary/aromatic N) is 4. The summed E-state index contributed by atoms with van der Waals surface area (Å²) in [6, 6.07) is 1.72. The summed E-state index contributed by atoms with van der Waals surface area (Å²) >= 11 is 0. The molecule has 2 heterocycles. The second kappa shape index (κ2) is 7.92. The molecular formula is C14H18F3N7O. The molecule has 2 aromatic heterocycles. The van der Waals surface area contributed by atoms with E-state index in [4.69, 9.17) is 4.74 Å². The van der Waals surface area contributed by atoms with Crippen LogP contribution in [0.5, 0.6) is 0 Å². The predicted molar refractivity (Wildman–Crippen MR) is 86.1 cm³/mol. The Kier molecular flexibility index (Phi) is 5.91. The summed E-state index contributed by atoms with van der Waals surface area (Å²) < 4.78 is 42.8. The Morgan fingerprint density at radius 3 is 2.52 bits per heavy atom. The van der Waals surface area contributed by atoms with Gasteiger partial charge in [-0.2, -0.15) is 23.1 Å². The quantitative estimate of drug-likeness (QED) is 0.650. The molecule has 0 bridgehead atoms. The van der Waals surface area contributed by atoms with Gasteiger partial charge in [-0.05, 0) is 13.0 Å². The third-order valence-corrected chi connectivity index (χ3v) is 3.10. The summed E-state index contributed by atoms with van der Waals surface area (Å²) in [5, 5.41) is 6.97. The monoisotopic (exact) mass is 357 g/mol. The van der Waals surface area contributed by atoms with Gasteiger partial charge in [0.2, 0.25) is 5.95 Å². The van der Waals surface area contributed by atoms with E-state index < -0.39 is 6.30 Å². The number of anilines is 3. The van der Waals surface area contributed by atoms with Crippen LogP contribution in [-0.2, 0) is 17.9 Å². The van der Waals surface area contributed by atoms with E-state index in [2.05, 4.69) is 30.6 Å². The first-order valence-electron chi connectivity index (χ1n) is 7.27. The van der Waals surface area contributed by atoms with Crippen LogP contribution in [0.4, 0.5) is 30.8 Å². The van der Waals surface area contributed by atoms with Crippen LogP contribution in [0.25, 0.3) is 0 Å². The molecule has 0 aromatic carbocycles. The first kappa shape index (κ1) is 18.6. The van der Waals surface area contributed by atoms with Gasteiger partial charge in [0.15, 0.2) is 0 Å². The molecule has 2 aromatic rings. The molecule has 0 amide bonds. The van der Waals surface area contributed by atoms with Crippen molar-refractivity contribution in [2.75, 3.05) is 30.1 Å². The van der Waals surface area contributed by atoms with Gasteiger partial charge < -0.3 is 15.4 Å². The van der Waals surface area contributed by atoms with Crippen molar-refractivity contribution in [3.8, 4) is 0 Å². The van der Waals surface area contributed by atoms with Crippen LogP contribution in [0.1, 0.15) is 17.1 Å². The van der Waals surface area contributed by atoms with Gasteiger partial charge >= 0.3 is 6.30 Å². The minimum absolute atomic E-state index is 0.0499. The van der Waals surface area contributed by atoms with E-state index in [0.717, 1.165) is 0 Å². The van der Waals surface area contributed by atoms with Gasteiger partial charge in [-0.1, -0.05) is 0 Å². The lowest BCUT2D eigenvalue weighted by molar-refractivity contribution is -0.100. The summed E-state index contributed by atoms with van der Waals surface area (Å²) in [7, 11) is 3.07. The standard InChI is InChI=1S/C14H18F3N7O/c1-8-11(20-6-10-19-5-4-9(21-10)7-25-3)22-13(18-2)23-12(8)24-14(15,16)17/h4-5H,6-7H2,1-3H3,(H3,18,20,22,23,24). The van der Waals surface area contributed by atoms with E-state index in [-0.39, 0.29) is 29.7 Å². The smallest absolute Gasteiger partial charge is 0.378 e. The Morgan fingerprint density at radius 2 is 1.88 bits per heavy atom. The minimum atomic E-state index is -4.60. The highest BCUT2D eigenvalue weighted by Crippen LogP contribution is 2.26. The molecule has 0 saturated heterocycles. The third kappa shape index (κ3) is 5.41.